The summed E-state index contributed by atoms with van der Waals surface area (Å²) in [6, 6.07) is 9.29. The van der Waals surface area contributed by atoms with Gasteiger partial charge in [-0.25, -0.2) is 0 Å². The highest BCUT2D eigenvalue weighted by Gasteiger charge is 2.20. The van der Waals surface area contributed by atoms with Gasteiger partial charge >= 0.3 is 0 Å². The number of morpholine rings is 1. The number of carbonyl (C=O) groups excluding carboxylic acids is 2. The molecule has 0 bridgehead atoms. The highest BCUT2D eigenvalue weighted by molar-refractivity contribution is 5.96. The fourth-order valence-electron chi connectivity index (χ4n) is 3.54. The summed E-state index contributed by atoms with van der Waals surface area (Å²) in [5, 5.41) is 2.99. The summed E-state index contributed by atoms with van der Waals surface area (Å²) in [6.07, 6.45) is 2.80. The van der Waals surface area contributed by atoms with Gasteiger partial charge in [-0.2, -0.15) is 0 Å². The number of H-pyrrole nitrogens is 1. The van der Waals surface area contributed by atoms with Crippen molar-refractivity contribution in [1.82, 2.24) is 15.2 Å². The molecule has 7 heteroatoms. The van der Waals surface area contributed by atoms with E-state index in [4.69, 9.17) is 9.47 Å². The van der Waals surface area contributed by atoms with E-state index in [1.54, 1.807) is 17.2 Å². The Morgan fingerprint density at radius 3 is 2.75 bits per heavy atom. The first-order valence-electron chi connectivity index (χ1n) is 9.72. The summed E-state index contributed by atoms with van der Waals surface area (Å²) in [4.78, 5) is 29.9. The summed E-state index contributed by atoms with van der Waals surface area (Å²) in [5.74, 6) is 0.279. The maximum Gasteiger partial charge on any atom is 0.270 e. The van der Waals surface area contributed by atoms with Crippen molar-refractivity contribution in [2.45, 2.75) is 6.42 Å². The quantitative estimate of drug-likeness (QED) is 0.826. The molecule has 148 valence electrons. The molecule has 2 fully saturated rings. The molecule has 1 unspecified atom stereocenters. The summed E-state index contributed by atoms with van der Waals surface area (Å²) in [6.45, 7) is 4.47. The van der Waals surface area contributed by atoms with E-state index in [0.29, 0.717) is 56.6 Å². The van der Waals surface area contributed by atoms with Crippen molar-refractivity contribution in [3.05, 3.63) is 47.8 Å². The molecule has 2 aliphatic rings. The fraction of sp³-hybridized carbons (Fsp3) is 0.429. The second-order valence-corrected chi connectivity index (χ2v) is 7.23. The zero-order valence-corrected chi connectivity index (χ0v) is 15.8. The topological polar surface area (TPSA) is 83.7 Å². The lowest BCUT2D eigenvalue weighted by atomic mass is 10.0. The Balaban J connectivity index is 1.43. The Morgan fingerprint density at radius 2 is 1.96 bits per heavy atom. The molecule has 0 saturated carbocycles. The van der Waals surface area contributed by atoms with Crippen LogP contribution in [0.2, 0.25) is 0 Å². The fourth-order valence-corrected chi connectivity index (χ4v) is 3.54. The van der Waals surface area contributed by atoms with E-state index in [-0.39, 0.29) is 11.8 Å². The largest absolute Gasteiger partial charge is 0.381 e. The molecule has 2 aliphatic heterocycles. The smallest absolute Gasteiger partial charge is 0.270 e. The predicted octanol–water partition coefficient (Wildman–Crippen LogP) is 1.92. The minimum Gasteiger partial charge on any atom is -0.381 e. The van der Waals surface area contributed by atoms with Gasteiger partial charge in [0, 0.05) is 43.9 Å². The maximum atomic E-state index is 12.6. The summed E-state index contributed by atoms with van der Waals surface area (Å²) in [5.41, 5.74) is 2.94. The third-order valence-electron chi connectivity index (χ3n) is 5.25. The van der Waals surface area contributed by atoms with Gasteiger partial charge in [-0.05, 0) is 35.7 Å². The molecular formula is C21H25N3O4. The van der Waals surface area contributed by atoms with Gasteiger partial charge in [-0.15, -0.1) is 0 Å². The van der Waals surface area contributed by atoms with Crippen LogP contribution in [-0.4, -0.2) is 67.8 Å². The van der Waals surface area contributed by atoms with E-state index in [1.807, 2.05) is 24.3 Å². The van der Waals surface area contributed by atoms with Crippen molar-refractivity contribution < 1.29 is 19.1 Å². The van der Waals surface area contributed by atoms with Crippen LogP contribution >= 0.6 is 0 Å². The van der Waals surface area contributed by atoms with Gasteiger partial charge < -0.3 is 24.7 Å². The van der Waals surface area contributed by atoms with Crippen molar-refractivity contribution in [2.75, 3.05) is 46.1 Å². The van der Waals surface area contributed by atoms with Crippen LogP contribution in [0.3, 0.4) is 0 Å². The molecule has 1 aromatic carbocycles. The van der Waals surface area contributed by atoms with Crippen LogP contribution < -0.4 is 5.32 Å². The lowest BCUT2D eigenvalue weighted by Gasteiger charge is -2.26. The number of ether oxygens (including phenoxy) is 2. The Kier molecular flexibility index (Phi) is 5.73. The van der Waals surface area contributed by atoms with Crippen LogP contribution in [0.15, 0.2) is 36.5 Å². The first-order chi connectivity index (χ1) is 13.7. The number of nitrogens with zero attached hydrogens (tertiary/aromatic N) is 1. The Bertz CT molecular complexity index is 836. The molecule has 2 N–H and O–H groups in total. The van der Waals surface area contributed by atoms with Gasteiger partial charge in [0.25, 0.3) is 11.8 Å². The SMILES string of the molecule is O=C(NCC1CCOC1)c1cccc(-c2c[nH]c(C(=O)N3CCOCC3)c2)c1. The summed E-state index contributed by atoms with van der Waals surface area (Å²) >= 11 is 0. The molecule has 4 rings (SSSR count). The molecule has 3 heterocycles. The zero-order valence-electron chi connectivity index (χ0n) is 15.8. The lowest BCUT2D eigenvalue weighted by Crippen LogP contribution is -2.40. The van der Waals surface area contributed by atoms with Crippen LogP contribution in [0.5, 0.6) is 0 Å². The molecule has 0 radical (unpaired) electrons. The van der Waals surface area contributed by atoms with Crippen LogP contribution in [-0.2, 0) is 9.47 Å². The van der Waals surface area contributed by atoms with Gasteiger partial charge in [0.2, 0.25) is 0 Å². The van der Waals surface area contributed by atoms with Crippen LogP contribution in [0, 0.1) is 5.92 Å². The molecule has 0 spiro atoms. The number of nitrogens with one attached hydrogen (secondary N) is 2. The van der Waals surface area contributed by atoms with Crippen molar-refractivity contribution in [3.8, 4) is 11.1 Å². The van der Waals surface area contributed by atoms with Crippen LogP contribution in [0.25, 0.3) is 11.1 Å². The van der Waals surface area contributed by atoms with Crippen LogP contribution in [0.1, 0.15) is 27.3 Å². The van der Waals surface area contributed by atoms with E-state index in [9.17, 15) is 9.59 Å². The number of aromatic nitrogens is 1. The summed E-state index contributed by atoms with van der Waals surface area (Å²) < 4.78 is 10.6. The van der Waals surface area contributed by atoms with Gasteiger partial charge in [0.05, 0.1) is 19.8 Å². The maximum absolute atomic E-state index is 12.6. The second-order valence-electron chi connectivity index (χ2n) is 7.23. The van der Waals surface area contributed by atoms with Crippen molar-refractivity contribution in [2.24, 2.45) is 5.92 Å². The first kappa shape index (κ1) is 18.7. The van der Waals surface area contributed by atoms with E-state index in [1.165, 1.54) is 0 Å². The molecule has 2 amide bonds. The third kappa shape index (κ3) is 4.26. The number of benzene rings is 1. The molecular weight excluding hydrogens is 358 g/mol. The van der Waals surface area contributed by atoms with Crippen molar-refractivity contribution in [1.29, 1.82) is 0 Å². The summed E-state index contributed by atoms with van der Waals surface area (Å²) in [7, 11) is 0. The van der Waals surface area contributed by atoms with Crippen molar-refractivity contribution in [3.63, 3.8) is 0 Å². The average Bonchev–Trinajstić information content (AvgIpc) is 3.44. The molecule has 28 heavy (non-hydrogen) atoms. The van der Waals surface area contributed by atoms with Gasteiger partial charge in [-0.3, -0.25) is 9.59 Å². The molecule has 0 aliphatic carbocycles. The Morgan fingerprint density at radius 1 is 1.11 bits per heavy atom. The van der Waals surface area contributed by atoms with Crippen LogP contribution in [0.4, 0.5) is 0 Å². The van der Waals surface area contributed by atoms with Gasteiger partial charge in [0.1, 0.15) is 5.69 Å². The van der Waals surface area contributed by atoms with E-state index >= 15 is 0 Å². The predicted molar refractivity (Wildman–Crippen MR) is 104 cm³/mol. The van der Waals surface area contributed by atoms with Gasteiger partial charge in [-0.1, -0.05) is 12.1 Å². The van der Waals surface area contributed by atoms with E-state index in [0.717, 1.165) is 24.2 Å². The number of hydrogen-bond donors (Lipinski definition) is 2. The standard InChI is InChI=1S/C21H25N3O4/c25-20(23-12-15-4-7-28-14-15)17-3-1-2-16(10-17)18-11-19(22-13-18)21(26)24-5-8-27-9-6-24/h1-3,10-11,13,15,22H,4-9,12,14H2,(H,23,25). The molecule has 1 atom stereocenters. The Labute approximate surface area is 164 Å². The number of hydrogen-bond acceptors (Lipinski definition) is 4. The highest BCUT2D eigenvalue weighted by atomic mass is 16.5. The minimum atomic E-state index is -0.0890. The molecule has 1 aromatic heterocycles. The second kappa shape index (κ2) is 8.58. The van der Waals surface area contributed by atoms with E-state index in [2.05, 4.69) is 10.3 Å². The first-order valence-corrected chi connectivity index (χ1v) is 9.72. The third-order valence-corrected chi connectivity index (χ3v) is 5.25. The van der Waals surface area contributed by atoms with E-state index < -0.39 is 0 Å². The molecule has 2 aromatic rings. The number of aromatic amines is 1. The van der Waals surface area contributed by atoms with Crippen molar-refractivity contribution >= 4 is 11.8 Å². The minimum absolute atomic E-state index is 0.0257. The molecule has 7 nitrogen and oxygen atoms in total. The zero-order chi connectivity index (χ0) is 19.3. The number of amides is 2. The number of rotatable bonds is 5. The highest BCUT2D eigenvalue weighted by Crippen LogP contribution is 2.22. The molecule has 2 saturated heterocycles. The lowest BCUT2D eigenvalue weighted by molar-refractivity contribution is 0.0299. The van der Waals surface area contributed by atoms with Gasteiger partial charge in [0.15, 0.2) is 0 Å². The number of carbonyl (C=O) groups is 2. The Hall–Kier alpha value is -2.64. The average molecular weight is 383 g/mol. The monoisotopic (exact) mass is 383 g/mol. The normalized spacial score (nSPS) is 19.6.